The average Bonchev–Trinajstić information content (AvgIpc) is 3.17. The number of hydrogen-bond donors (Lipinski definition) is 4. The standard InChI is InChI=1S/C33H55NO7S.Na/c1-19(2)9-8-10-22(30(38)34-15-16-42(39,40)41)28-23(21(4)35)18-33(7)25(28)17-27(37)29-31(5)13-12-26(36)20(3)24(31)11-14-32(29,33)6;/h19-20,23-27,29,36-37H,8-18H2,1-7H3,(H,34,38)(H,39,40,41);/b28-22+;/t20-,23+,24-,25-,26+,27+,29-,31-,32-,33-;/m0./s1. The monoisotopic (exact) mass is 632 g/mol. The maximum atomic E-state index is 13.7. The van der Waals surface area contributed by atoms with Crippen LogP contribution in [0.15, 0.2) is 11.1 Å². The molecule has 0 aliphatic heterocycles. The molecule has 0 unspecified atom stereocenters. The van der Waals surface area contributed by atoms with Gasteiger partial charge in [0.1, 0.15) is 5.78 Å². The third-order valence-corrected chi connectivity index (χ3v) is 13.4. The maximum Gasteiger partial charge on any atom is 0.266 e. The van der Waals surface area contributed by atoms with Crippen LogP contribution >= 0.6 is 0 Å². The molecule has 1 amide bonds. The normalized spacial score (nSPS) is 41.9. The van der Waals surface area contributed by atoms with Crippen molar-refractivity contribution >= 4 is 51.4 Å². The van der Waals surface area contributed by atoms with Crippen LogP contribution in [-0.2, 0) is 19.7 Å². The summed E-state index contributed by atoms with van der Waals surface area (Å²) in [6, 6.07) is 0. The molecule has 10 atom stereocenters. The topological polar surface area (TPSA) is 141 Å². The number of fused-ring (bicyclic) bond motifs is 5. The van der Waals surface area contributed by atoms with Gasteiger partial charge in [0.2, 0.25) is 5.91 Å². The average molecular weight is 633 g/mol. The van der Waals surface area contributed by atoms with Crippen LogP contribution in [0.4, 0.5) is 0 Å². The van der Waals surface area contributed by atoms with E-state index in [1.165, 1.54) is 0 Å². The van der Waals surface area contributed by atoms with Crippen LogP contribution in [0.1, 0.15) is 106 Å². The first-order valence-electron chi connectivity index (χ1n) is 16.2. The molecule has 4 saturated carbocycles. The van der Waals surface area contributed by atoms with E-state index >= 15 is 0 Å². The molecule has 4 fully saturated rings. The van der Waals surface area contributed by atoms with Crippen molar-refractivity contribution in [2.75, 3.05) is 12.3 Å². The molecule has 0 aromatic carbocycles. The predicted octanol–water partition coefficient (Wildman–Crippen LogP) is 4.56. The molecule has 0 bridgehead atoms. The summed E-state index contributed by atoms with van der Waals surface area (Å²) < 4.78 is 31.9. The van der Waals surface area contributed by atoms with Gasteiger partial charge in [0.25, 0.3) is 10.1 Å². The third kappa shape index (κ3) is 6.75. The minimum absolute atomic E-state index is 0. The number of amides is 1. The molecule has 4 N–H and O–H groups in total. The number of nitrogens with one attached hydrogen (secondary N) is 1. The second kappa shape index (κ2) is 13.4. The zero-order valence-electron chi connectivity index (χ0n) is 27.8. The van der Waals surface area contributed by atoms with Crippen molar-refractivity contribution in [2.24, 2.45) is 51.8 Å². The molecule has 0 heterocycles. The SMILES string of the molecule is CC(=O)[C@H]1C[C@@]2(C)[C@@H](C[C@@H](O)[C@H]3[C@@]4(C)CC[C@@H](O)[C@@H](C)[C@@H]4CC[C@@]32C)/C1=C(\CCCC(C)C)C(=O)NCCS(=O)(=O)O.[Na]. The van der Waals surface area contributed by atoms with Gasteiger partial charge in [-0.15, -0.1) is 0 Å². The van der Waals surface area contributed by atoms with E-state index in [1.807, 2.05) is 0 Å². The molecular weight excluding hydrogens is 577 g/mol. The van der Waals surface area contributed by atoms with Gasteiger partial charge in [-0.3, -0.25) is 14.1 Å². The van der Waals surface area contributed by atoms with Crippen LogP contribution in [0.2, 0.25) is 0 Å². The van der Waals surface area contributed by atoms with Gasteiger partial charge in [0.05, 0.1) is 18.0 Å². The Bertz CT molecular complexity index is 1200. The van der Waals surface area contributed by atoms with Crippen LogP contribution in [0.3, 0.4) is 0 Å². The molecule has 10 heteroatoms. The number of rotatable bonds is 9. The molecule has 0 spiro atoms. The largest absolute Gasteiger partial charge is 0.393 e. The fraction of sp³-hybridized carbons (Fsp3) is 0.879. The first-order valence-corrected chi connectivity index (χ1v) is 17.8. The van der Waals surface area contributed by atoms with Gasteiger partial charge in [-0.25, -0.2) is 0 Å². The fourth-order valence-electron chi connectivity index (χ4n) is 10.5. The van der Waals surface area contributed by atoms with Gasteiger partial charge in [-0.2, -0.15) is 8.42 Å². The number of ketones is 1. The van der Waals surface area contributed by atoms with Crippen LogP contribution in [0.25, 0.3) is 0 Å². The summed E-state index contributed by atoms with van der Waals surface area (Å²) in [6.07, 6.45) is 5.84. The van der Waals surface area contributed by atoms with E-state index in [0.29, 0.717) is 36.7 Å². The van der Waals surface area contributed by atoms with Gasteiger partial charge in [-0.05, 0) is 110 Å². The van der Waals surface area contributed by atoms with E-state index < -0.39 is 27.9 Å². The number of aliphatic hydroxyl groups excluding tert-OH is 2. The Balaban J connectivity index is 0.00000506. The number of aliphatic hydroxyl groups is 2. The summed E-state index contributed by atoms with van der Waals surface area (Å²) in [7, 11) is -4.23. The summed E-state index contributed by atoms with van der Waals surface area (Å²) in [5.41, 5.74) is 0.709. The number of carbonyl (C=O) groups is 2. The fourth-order valence-corrected chi connectivity index (χ4v) is 10.9. The van der Waals surface area contributed by atoms with Crippen molar-refractivity contribution in [3.63, 3.8) is 0 Å². The molecule has 0 saturated heterocycles. The van der Waals surface area contributed by atoms with E-state index in [9.17, 15) is 32.8 Å². The number of hydrogen-bond acceptors (Lipinski definition) is 6. The minimum atomic E-state index is -4.23. The smallest absolute Gasteiger partial charge is 0.266 e. The first kappa shape index (κ1) is 37.2. The first-order chi connectivity index (χ1) is 19.4. The molecule has 4 aliphatic rings. The summed E-state index contributed by atoms with van der Waals surface area (Å²) in [5.74, 6) is -0.520. The Kier molecular flexibility index (Phi) is 11.6. The molecule has 241 valence electrons. The Labute approximate surface area is 281 Å². The van der Waals surface area contributed by atoms with Crippen LogP contribution in [0.5, 0.6) is 0 Å². The molecular formula is C33H55NNaO7S. The summed E-state index contributed by atoms with van der Waals surface area (Å²) in [5, 5.41) is 25.5. The molecule has 43 heavy (non-hydrogen) atoms. The van der Waals surface area contributed by atoms with Gasteiger partial charge in [0.15, 0.2) is 0 Å². The van der Waals surface area contributed by atoms with Crippen molar-refractivity contribution in [1.29, 1.82) is 0 Å². The van der Waals surface area contributed by atoms with E-state index in [0.717, 1.165) is 44.1 Å². The molecule has 4 aliphatic carbocycles. The molecule has 0 aromatic rings. The maximum absolute atomic E-state index is 13.7. The second-order valence-corrected chi connectivity index (χ2v) is 17.0. The molecule has 8 nitrogen and oxygen atoms in total. The quantitative estimate of drug-likeness (QED) is 0.166. The Morgan fingerprint density at radius 3 is 2.28 bits per heavy atom. The van der Waals surface area contributed by atoms with Gasteiger partial charge in [0, 0.05) is 47.6 Å². The summed E-state index contributed by atoms with van der Waals surface area (Å²) >= 11 is 0. The zero-order valence-corrected chi connectivity index (χ0v) is 30.6. The van der Waals surface area contributed by atoms with Gasteiger partial charge < -0.3 is 15.5 Å². The molecule has 0 aromatic heterocycles. The second-order valence-electron chi connectivity index (χ2n) is 15.4. The van der Waals surface area contributed by atoms with Crippen molar-refractivity contribution in [1.82, 2.24) is 5.32 Å². The summed E-state index contributed by atoms with van der Waals surface area (Å²) in [4.78, 5) is 27.1. The van der Waals surface area contributed by atoms with Crippen LogP contribution in [0, 0.1) is 51.8 Å². The third-order valence-electron chi connectivity index (χ3n) is 12.7. The number of Topliss-reactive ketones (excluding diaryl/α,β-unsaturated/α-hetero) is 1. The minimum Gasteiger partial charge on any atom is -0.393 e. The van der Waals surface area contributed by atoms with E-state index in [-0.39, 0.29) is 87.9 Å². The van der Waals surface area contributed by atoms with E-state index in [1.54, 1.807) is 6.92 Å². The Hall–Kier alpha value is -0.290. The predicted molar refractivity (Wildman–Crippen MR) is 169 cm³/mol. The molecule has 1 radical (unpaired) electrons. The van der Waals surface area contributed by atoms with Gasteiger partial charge >= 0.3 is 0 Å². The van der Waals surface area contributed by atoms with Crippen molar-refractivity contribution in [3.8, 4) is 0 Å². The van der Waals surface area contributed by atoms with Crippen LogP contribution < -0.4 is 5.32 Å². The molecule has 4 rings (SSSR count). The van der Waals surface area contributed by atoms with Crippen molar-refractivity contribution in [2.45, 2.75) is 118 Å². The number of allylic oxidation sites excluding steroid dienone is 1. The van der Waals surface area contributed by atoms with Crippen LogP contribution in [-0.4, -0.2) is 88.9 Å². The van der Waals surface area contributed by atoms with Gasteiger partial charge in [-0.1, -0.05) is 48.0 Å². The van der Waals surface area contributed by atoms with E-state index in [4.69, 9.17) is 0 Å². The Morgan fingerprint density at radius 1 is 1.05 bits per heavy atom. The van der Waals surface area contributed by atoms with Crippen molar-refractivity contribution < 1.29 is 32.8 Å². The van der Waals surface area contributed by atoms with Crippen molar-refractivity contribution in [3.05, 3.63) is 11.1 Å². The summed E-state index contributed by atoms with van der Waals surface area (Å²) in [6.45, 7) is 14.7. The zero-order chi connectivity index (χ0) is 31.4. The number of carbonyl (C=O) groups excluding carboxylic acids is 2. The van der Waals surface area contributed by atoms with E-state index in [2.05, 4.69) is 46.9 Å². The Morgan fingerprint density at radius 2 is 1.70 bits per heavy atom.